The second kappa shape index (κ2) is 3.35. The number of hydrogen-bond acceptors (Lipinski definition) is 2. The van der Waals surface area contributed by atoms with E-state index < -0.39 is 0 Å². The summed E-state index contributed by atoms with van der Waals surface area (Å²) in [5.41, 5.74) is 7.60. The molecule has 0 radical (unpaired) electrons. The lowest BCUT2D eigenvalue weighted by Crippen LogP contribution is -2.02. The number of anilines is 1. The SMILES string of the molecule is Cc1cnn(-c2ccccc2Cl)c1N. The van der Waals surface area contributed by atoms with Crippen LogP contribution in [0.25, 0.3) is 5.69 Å². The van der Waals surface area contributed by atoms with Crippen LogP contribution >= 0.6 is 11.6 Å². The molecule has 72 valence electrons. The van der Waals surface area contributed by atoms with Crippen molar-refractivity contribution in [2.45, 2.75) is 6.92 Å². The average molecular weight is 208 g/mol. The van der Waals surface area contributed by atoms with Crippen LogP contribution in [0, 0.1) is 6.92 Å². The number of nitrogens with zero attached hydrogens (tertiary/aromatic N) is 2. The van der Waals surface area contributed by atoms with E-state index in [1.807, 2.05) is 31.2 Å². The molecule has 1 aromatic carbocycles. The van der Waals surface area contributed by atoms with Crippen molar-refractivity contribution in [1.82, 2.24) is 9.78 Å². The predicted octanol–water partition coefficient (Wildman–Crippen LogP) is 2.42. The summed E-state index contributed by atoms with van der Waals surface area (Å²) in [7, 11) is 0. The van der Waals surface area contributed by atoms with E-state index in [0.29, 0.717) is 10.8 Å². The number of hydrogen-bond donors (Lipinski definition) is 1. The van der Waals surface area contributed by atoms with Crippen LogP contribution < -0.4 is 5.73 Å². The Labute approximate surface area is 87.1 Å². The lowest BCUT2D eigenvalue weighted by Gasteiger charge is -2.05. The van der Waals surface area contributed by atoms with Crippen molar-refractivity contribution >= 4 is 17.4 Å². The van der Waals surface area contributed by atoms with Gasteiger partial charge in [-0.05, 0) is 19.1 Å². The van der Waals surface area contributed by atoms with Gasteiger partial charge in [-0.2, -0.15) is 5.10 Å². The number of rotatable bonds is 1. The molecule has 0 atom stereocenters. The second-order valence-electron chi connectivity index (χ2n) is 3.08. The smallest absolute Gasteiger partial charge is 0.130 e. The molecule has 0 amide bonds. The Morgan fingerprint density at radius 1 is 1.36 bits per heavy atom. The van der Waals surface area contributed by atoms with Crippen molar-refractivity contribution in [1.29, 1.82) is 0 Å². The lowest BCUT2D eigenvalue weighted by atomic mass is 10.3. The van der Waals surface area contributed by atoms with Gasteiger partial charge in [0.05, 0.1) is 16.9 Å². The summed E-state index contributed by atoms with van der Waals surface area (Å²) in [6, 6.07) is 7.47. The molecule has 0 aliphatic carbocycles. The Morgan fingerprint density at radius 2 is 2.07 bits per heavy atom. The number of nitrogens with two attached hydrogens (primary N) is 1. The molecule has 4 heteroatoms. The number of aromatic nitrogens is 2. The minimum Gasteiger partial charge on any atom is -0.383 e. The Morgan fingerprint density at radius 3 is 2.64 bits per heavy atom. The Kier molecular flexibility index (Phi) is 2.17. The van der Waals surface area contributed by atoms with Crippen molar-refractivity contribution in [2.24, 2.45) is 0 Å². The van der Waals surface area contributed by atoms with Gasteiger partial charge in [-0.1, -0.05) is 23.7 Å². The lowest BCUT2D eigenvalue weighted by molar-refractivity contribution is 0.891. The molecule has 0 aliphatic rings. The Balaban J connectivity index is 2.60. The summed E-state index contributed by atoms with van der Waals surface area (Å²) in [6.07, 6.45) is 1.72. The minimum absolute atomic E-state index is 0.623. The molecule has 0 saturated carbocycles. The summed E-state index contributed by atoms with van der Waals surface area (Å²) in [6.45, 7) is 1.91. The molecule has 0 saturated heterocycles. The highest BCUT2D eigenvalue weighted by molar-refractivity contribution is 6.32. The van der Waals surface area contributed by atoms with Gasteiger partial charge in [0.15, 0.2) is 0 Å². The number of benzene rings is 1. The van der Waals surface area contributed by atoms with Crippen molar-refractivity contribution < 1.29 is 0 Å². The van der Waals surface area contributed by atoms with E-state index in [9.17, 15) is 0 Å². The number of halogens is 1. The van der Waals surface area contributed by atoms with Gasteiger partial charge in [0.25, 0.3) is 0 Å². The van der Waals surface area contributed by atoms with Gasteiger partial charge in [-0.3, -0.25) is 0 Å². The summed E-state index contributed by atoms with van der Waals surface area (Å²) in [5.74, 6) is 0.623. The molecule has 1 heterocycles. The zero-order chi connectivity index (χ0) is 10.1. The maximum Gasteiger partial charge on any atom is 0.130 e. The first-order chi connectivity index (χ1) is 6.70. The summed E-state index contributed by atoms with van der Waals surface area (Å²) in [5, 5.41) is 4.79. The highest BCUT2D eigenvalue weighted by Crippen LogP contribution is 2.22. The molecule has 0 aliphatic heterocycles. The van der Waals surface area contributed by atoms with Gasteiger partial charge in [-0.25, -0.2) is 4.68 Å². The van der Waals surface area contributed by atoms with E-state index in [4.69, 9.17) is 17.3 Å². The van der Waals surface area contributed by atoms with E-state index in [1.54, 1.807) is 10.9 Å². The summed E-state index contributed by atoms with van der Waals surface area (Å²) in [4.78, 5) is 0. The van der Waals surface area contributed by atoms with Crippen LogP contribution in [0.1, 0.15) is 5.56 Å². The summed E-state index contributed by atoms with van der Waals surface area (Å²) >= 11 is 6.02. The largest absolute Gasteiger partial charge is 0.383 e. The number of para-hydroxylation sites is 1. The second-order valence-corrected chi connectivity index (χ2v) is 3.48. The van der Waals surface area contributed by atoms with Crippen molar-refractivity contribution in [3.05, 3.63) is 41.0 Å². The molecule has 1 aromatic heterocycles. The van der Waals surface area contributed by atoms with Crippen LogP contribution in [-0.4, -0.2) is 9.78 Å². The molecule has 2 N–H and O–H groups in total. The molecule has 3 nitrogen and oxygen atoms in total. The van der Waals surface area contributed by atoms with Crippen LogP contribution in [0.3, 0.4) is 0 Å². The fourth-order valence-corrected chi connectivity index (χ4v) is 1.47. The Bertz CT molecular complexity index is 462. The van der Waals surface area contributed by atoms with E-state index in [2.05, 4.69) is 5.10 Å². The van der Waals surface area contributed by atoms with Crippen LogP contribution in [0.4, 0.5) is 5.82 Å². The van der Waals surface area contributed by atoms with Gasteiger partial charge in [0.1, 0.15) is 5.82 Å². The maximum atomic E-state index is 6.02. The maximum absolute atomic E-state index is 6.02. The van der Waals surface area contributed by atoms with E-state index in [-0.39, 0.29) is 0 Å². The van der Waals surface area contributed by atoms with Gasteiger partial charge >= 0.3 is 0 Å². The highest BCUT2D eigenvalue weighted by atomic mass is 35.5. The first kappa shape index (κ1) is 9.09. The molecular formula is C10H10ClN3. The average Bonchev–Trinajstić information content (AvgIpc) is 2.49. The van der Waals surface area contributed by atoms with Crippen molar-refractivity contribution in [2.75, 3.05) is 5.73 Å². The van der Waals surface area contributed by atoms with Crippen molar-refractivity contribution in [3.63, 3.8) is 0 Å². The van der Waals surface area contributed by atoms with Gasteiger partial charge in [0, 0.05) is 5.56 Å². The summed E-state index contributed by atoms with van der Waals surface area (Å²) < 4.78 is 1.64. The highest BCUT2D eigenvalue weighted by Gasteiger charge is 2.07. The first-order valence-corrected chi connectivity index (χ1v) is 4.63. The molecular weight excluding hydrogens is 198 g/mol. The monoisotopic (exact) mass is 207 g/mol. The third-order valence-electron chi connectivity index (χ3n) is 2.08. The quantitative estimate of drug-likeness (QED) is 0.781. The molecule has 14 heavy (non-hydrogen) atoms. The molecule has 0 bridgehead atoms. The number of nitrogen functional groups attached to an aromatic ring is 1. The fourth-order valence-electron chi connectivity index (χ4n) is 1.26. The molecule has 0 fully saturated rings. The van der Waals surface area contributed by atoms with Crippen LogP contribution in [0.15, 0.2) is 30.5 Å². The van der Waals surface area contributed by atoms with E-state index >= 15 is 0 Å². The molecule has 0 spiro atoms. The standard InChI is InChI=1S/C10H10ClN3/c1-7-6-13-14(10(7)12)9-5-3-2-4-8(9)11/h2-6H,12H2,1H3. The minimum atomic E-state index is 0.623. The van der Waals surface area contributed by atoms with Crippen LogP contribution in [-0.2, 0) is 0 Å². The van der Waals surface area contributed by atoms with Crippen LogP contribution in [0.2, 0.25) is 5.02 Å². The first-order valence-electron chi connectivity index (χ1n) is 4.25. The van der Waals surface area contributed by atoms with Crippen LogP contribution in [0.5, 0.6) is 0 Å². The third-order valence-corrected chi connectivity index (χ3v) is 2.40. The molecule has 2 rings (SSSR count). The van der Waals surface area contributed by atoms with E-state index in [1.165, 1.54) is 0 Å². The zero-order valence-electron chi connectivity index (χ0n) is 7.74. The van der Waals surface area contributed by atoms with Gasteiger partial charge < -0.3 is 5.73 Å². The zero-order valence-corrected chi connectivity index (χ0v) is 8.49. The fraction of sp³-hybridized carbons (Fsp3) is 0.100. The molecule has 2 aromatic rings. The topological polar surface area (TPSA) is 43.8 Å². The van der Waals surface area contributed by atoms with E-state index in [0.717, 1.165) is 11.3 Å². The normalized spacial score (nSPS) is 10.4. The Hall–Kier alpha value is -1.48. The van der Waals surface area contributed by atoms with Gasteiger partial charge in [0.2, 0.25) is 0 Å². The predicted molar refractivity (Wildman–Crippen MR) is 57.7 cm³/mol. The third kappa shape index (κ3) is 1.36. The number of aryl methyl sites for hydroxylation is 1. The van der Waals surface area contributed by atoms with Crippen molar-refractivity contribution in [3.8, 4) is 5.69 Å². The molecule has 0 unspecified atom stereocenters. The van der Waals surface area contributed by atoms with Gasteiger partial charge in [-0.15, -0.1) is 0 Å².